The molecule has 0 aliphatic rings. The molecule has 0 aliphatic carbocycles. The van der Waals surface area contributed by atoms with Gasteiger partial charge in [-0.15, -0.1) is 11.3 Å². The highest BCUT2D eigenvalue weighted by Gasteiger charge is 2.21. The molecule has 25 heavy (non-hydrogen) atoms. The van der Waals surface area contributed by atoms with E-state index in [0.717, 1.165) is 0 Å². The molecule has 0 bridgehead atoms. The molecule has 0 atom stereocenters. The third-order valence-electron chi connectivity index (χ3n) is 4.64. The van der Waals surface area contributed by atoms with E-state index in [1.54, 1.807) is 0 Å². The van der Waals surface area contributed by atoms with E-state index in [4.69, 9.17) is 6.57 Å². The molecule has 0 unspecified atom stereocenters. The molecule has 1 nitrogen and oxygen atoms in total. The first-order valence-electron chi connectivity index (χ1n) is 8.41. The van der Waals surface area contributed by atoms with Crippen LogP contribution in [0.3, 0.4) is 0 Å². The predicted octanol–water partition coefficient (Wildman–Crippen LogP) is 7.57. The molecule has 0 radical (unpaired) electrons. The van der Waals surface area contributed by atoms with Crippen LogP contribution in [0.5, 0.6) is 0 Å². The SMILES string of the molecule is [C-]#[N+]c1ccc(-c2cccc3sc4cccc(C(C)(C)C)c4c23)cc1. The first kappa shape index (κ1) is 15.9. The maximum atomic E-state index is 7.16. The maximum Gasteiger partial charge on any atom is 0.187 e. The van der Waals surface area contributed by atoms with Crippen LogP contribution in [0.2, 0.25) is 0 Å². The summed E-state index contributed by atoms with van der Waals surface area (Å²) in [6.07, 6.45) is 0. The highest BCUT2D eigenvalue weighted by molar-refractivity contribution is 7.26. The zero-order valence-corrected chi connectivity index (χ0v) is 15.4. The van der Waals surface area contributed by atoms with Crippen molar-refractivity contribution in [3.8, 4) is 11.1 Å². The summed E-state index contributed by atoms with van der Waals surface area (Å²) in [4.78, 5) is 3.51. The van der Waals surface area contributed by atoms with Gasteiger partial charge in [0.05, 0.1) is 6.57 Å². The minimum absolute atomic E-state index is 0.0918. The lowest BCUT2D eigenvalue weighted by molar-refractivity contribution is 0.596. The Hall–Kier alpha value is -2.63. The monoisotopic (exact) mass is 341 g/mol. The number of hydrogen-bond donors (Lipinski definition) is 0. The summed E-state index contributed by atoms with van der Waals surface area (Å²) in [5, 5.41) is 2.71. The van der Waals surface area contributed by atoms with Crippen LogP contribution in [0, 0.1) is 6.57 Å². The van der Waals surface area contributed by atoms with E-state index in [-0.39, 0.29) is 5.41 Å². The van der Waals surface area contributed by atoms with Crippen molar-refractivity contribution in [2.75, 3.05) is 0 Å². The van der Waals surface area contributed by atoms with Crippen molar-refractivity contribution in [1.82, 2.24) is 0 Å². The van der Waals surface area contributed by atoms with Crippen LogP contribution in [0.4, 0.5) is 5.69 Å². The Kier molecular flexibility index (Phi) is 3.63. The van der Waals surface area contributed by atoms with Gasteiger partial charge in [-0.3, -0.25) is 0 Å². The molecule has 1 aromatic heterocycles. The quantitative estimate of drug-likeness (QED) is 0.314. The Morgan fingerprint density at radius 1 is 0.800 bits per heavy atom. The first-order valence-corrected chi connectivity index (χ1v) is 9.23. The van der Waals surface area contributed by atoms with Crippen molar-refractivity contribution in [1.29, 1.82) is 0 Å². The Balaban J connectivity index is 2.10. The van der Waals surface area contributed by atoms with Gasteiger partial charge >= 0.3 is 0 Å². The van der Waals surface area contributed by atoms with E-state index in [1.165, 1.54) is 36.9 Å². The molecule has 122 valence electrons. The Bertz CT molecular complexity index is 1120. The summed E-state index contributed by atoms with van der Waals surface area (Å²) in [5.74, 6) is 0. The van der Waals surface area contributed by atoms with Gasteiger partial charge in [-0.25, -0.2) is 4.85 Å². The highest BCUT2D eigenvalue weighted by atomic mass is 32.1. The fraction of sp³-hybridized carbons (Fsp3) is 0.174. The number of thiophene rings is 1. The van der Waals surface area contributed by atoms with Crippen molar-refractivity contribution in [2.45, 2.75) is 26.2 Å². The molecule has 0 fully saturated rings. The molecule has 2 heteroatoms. The van der Waals surface area contributed by atoms with Gasteiger partial charge in [-0.05, 0) is 34.2 Å². The molecule has 3 aromatic carbocycles. The second kappa shape index (κ2) is 5.72. The number of fused-ring (bicyclic) bond motifs is 3. The molecule has 4 rings (SSSR count). The highest BCUT2D eigenvalue weighted by Crippen LogP contribution is 2.44. The molecular weight excluding hydrogens is 322 g/mol. The fourth-order valence-corrected chi connectivity index (χ4v) is 4.61. The minimum atomic E-state index is 0.0918. The molecule has 4 aromatic rings. The molecule has 0 saturated heterocycles. The van der Waals surface area contributed by atoms with Gasteiger partial charge in [-0.2, -0.15) is 0 Å². The normalized spacial score (nSPS) is 11.8. The number of nitrogens with zero attached hydrogens (tertiary/aromatic N) is 1. The maximum absolute atomic E-state index is 7.16. The van der Waals surface area contributed by atoms with Gasteiger partial charge in [-0.1, -0.05) is 69.3 Å². The largest absolute Gasteiger partial charge is 0.238 e. The zero-order valence-electron chi connectivity index (χ0n) is 14.6. The second-order valence-electron chi connectivity index (χ2n) is 7.37. The van der Waals surface area contributed by atoms with E-state index in [9.17, 15) is 0 Å². The summed E-state index contributed by atoms with van der Waals surface area (Å²) >= 11 is 1.86. The standard InChI is InChI=1S/C23H19NS/c1-23(2,3)18-8-6-10-20-22(18)21-17(7-5-9-19(21)25-20)15-11-13-16(24-4)14-12-15/h5-14H,1-3H3. The van der Waals surface area contributed by atoms with Crippen molar-refractivity contribution < 1.29 is 0 Å². The van der Waals surface area contributed by atoms with E-state index < -0.39 is 0 Å². The van der Waals surface area contributed by atoms with Crippen molar-refractivity contribution in [3.63, 3.8) is 0 Å². The van der Waals surface area contributed by atoms with Gasteiger partial charge in [0.1, 0.15) is 0 Å². The molecule has 0 amide bonds. The van der Waals surface area contributed by atoms with Crippen LogP contribution >= 0.6 is 11.3 Å². The van der Waals surface area contributed by atoms with Gasteiger partial charge < -0.3 is 0 Å². The third kappa shape index (κ3) is 2.62. The smallest absolute Gasteiger partial charge is 0.187 e. The Morgan fingerprint density at radius 3 is 2.08 bits per heavy atom. The number of benzene rings is 3. The molecular formula is C23H19NS. The van der Waals surface area contributed by atoms with Gasteiger partial charge in [0.25, 0.3) is 0 Å². The average molecular weight is 341 g/mol. The number of rotatable bonds is 1. The van der Waals surface area contributed by atoms with Gasteiger partial charge in [0, 0.05) is 20.2 Å². The fourth-order valence-electron chi connectivity index (χ4n) is 3.45. The third-order valence-corrected chi connectivity index (χ3v) is 5.76. The topological polar surface area (TPSA) is 4.36 Å². The van der Waals surface area contributed by atoms with Crippen LogP contribution in [0.1, 0.15) is 26.3 Å². The minimum Gasteiger partial charge on any atom is -0.238 e. The van der Waals surface area contributed by atoms with Crippen molar-refractivity contribution >= 4 is 37.2 Å². The van der Waals surface area contributed by atoms with Crippen LogP contribution in [-0.2, 0) is 5.41 Å². The van der Waals surface area contributed by atoms with E-state index in [1.807, 2.05) is 23.5 Å². The Morgan fingerprint density at radius 2 is 1.44 bits per heavy atom. The first-order chi connectivity index (χ1) is 12.0. The van der Waals surface area contributed by atoms with Crippen LogP contribution in [0.25, 0.3) is 36.1 Å². The van der Waals surface area contributed by atoms with Gasteiger partial charge in [0.2, 0.25) is 0 Å². The summed E-state index contributed by atoms with van der Waals surface area (Å²) in [5.41, 5.74) is 4.58. The molecule has 0 aliphatic heterocycles. The van der Waals surface area contributed by atoms with E-state index in [0.29, 0.717) is 5.69 Å². The lowest BCUT2D eigenvalue weighted by Gasteiger charge is -2.21. The molecule has 0 saturated carbocycles. The summed E-state index contributed by atoms with van der Waals surface area (Å²) in [7, 11) is 0. The van der Waals surface area contributed by atoms with E-state index in [2.05, 4.69) is 74.1 Å². The predicted molar refractivity (Wildman–Crippen MR) is 110 cm³/mol. The lowest BCUT2D eigenvalue weighted by atomic mass is 9.83. The lowest BCUT2D eigenvalue weighted by Crippen LogP contribution is -2.11. The van der Waals surface area contributed by atoms with Gasteiger partial charge in [0.15, 0.2) is 5.69 Å². The van der Waals surface area contributed by atoms with Crippen LogP contribution < -0.4 is 0 Å². The zero-order chi connectivity index (χ0) is 17.6. The second-order valence-corrected chi connectivity index (χ2v) is 8.45. The van der Waals surface area contributed by atoms with Crippen LogP contribution in [0.15, 0.2) is 60.7 Å². The Labute approximate surface area is 152 Å². The summed E-state index contributed by atoms with van der Waals surface area (Å²) in [6.45, 7) is 14.0. The summed E-state index contributed by atoms with van der Waals surface area (Å²) in [6, 6.07) is 21.1. The summed E-state index contributed by atoms with van der Waals surface area (Å²) < 4.78 is 2.66. The van der Waals surface area contributed by atoms with Crippen LogP contribution in [-0.4, -0.2) is 0 Å². The average Bonchev–Trinajstić information content (AvgIpc) is 2.99. The van der Waals surface area contributed by atoms with Crippen molar-refractivity contribution in [3.05, 3.63) is 77.6 Å². The molecule has 1 heterocycles. The van der Waals surface area contributed by atoms with E-state index >= 15 is 0 Å². The number of hydrogen-bond acceptors (Lipinski definition) is 1. The van der Waals surface area contributed by atoms with Crippen molar-refractivity contribution in [2.24, 2.45) is 0 Å². The molecule has 0 N–H and O–H groups in total. The molecule has 0 spiro atoms.